The average Bonchev–Trinajstić information content (AvgIpc) is 3.14. The van der Waals surface area contributed by atoms with Crippen molar-refractivity contribution in [1.82, 2.24) is 0 Å². The Morgan fingerprint density at radius 1 is 1.12 bits per heavy atom. The van der Waals surface area contributed by atoms with Gasteiger partial charge in [0.15, 0.2) is 5.78 Å². The Hall–Kier alpha value is -1.96. The largest absolute Gasteiger partial charge is 0.486 e. The van der Waals surface area contributed by atoms with E-state index in [-0.39, 0.29) is 46.9 Å². The number of hydrogen-bond acceptors (Lipinski definition) is 3. The summed E-state index contributed by atoms with van der Waals surface area (Å²) in [7, 11) is 0. The second-order valence-corrected chi connectivity index (χ2v) is 11.0. The molecular formula is C27H33F2NO2. The topological polar surface area (TPSA) is 50.1 Å². The van der Waals surface area contributed by atoms with Crippen LogP contribution < -0.4 is 4.74 Å². The molecule has 3 nitrogen and oxygen atoms in total. The SMILES string of the molecule is C[C@]12CCC3[C@@H](CC[C@@H]4CCCC[C@]34F)C1CC[C@@H]2C(=O)COc1ccc(C#N)c(F)c1. The van der Waals surface area contributed by atoms with E-state index >= 15 is 4.39 Å². The smallest absolute Gasteiger partial charge is 0.173 e. The summed E-state index contributed by atoms with van der Waals surface area (Å²) < 4.78 is 35.7. The number of hydrogen-bond donors (Lipinski definition) is 0. The molecule has 32 heavy (non-hydrogen) atoms. The summed E-state index contributed by atoms with van der Waals surface area (Å²) in [5, 5.41) is 8.86. The third kappa shape index (κ3) is 3.37. The first-order valence-corrected chi connectivity index (χ1v) is 12.4. The maximum absolute atomic E-state index is 16.2. The molecule has 4 aliphatic carbocycles. The highest BCUT2D eigenvalue weighted by atomic mass is 19.1. The van der Waals surface area contributed by atoms with Gasteiger partial charge >= 0.3 is 0 Å². The lowest BCUT2D eigenvalue weighted by Gasteiger charge is -2.58. The van der Waals surface area contributed by atoms with E-state index in [1.165, 1.54) is 24.6 Å². The highest BCUT2D eigenvalue weighted by molar-refractivity contribution is 5.83. The van der Waals surface area contributed by atoms with Gasteiger partial charge in [-0.25, -0.2) is 8.78 Å². The third-order valence-corrected chi connectivity index (χ3v) is 9.77. The van der Waals surface area contributed by atoms with Gasteiger partial charge in [0.25, 0.3) is 0 Å². The minimum atomic E-state index is -0.979. The average molecular weight is 442 g/mol. The maximum atomic E-state index is 16.2. The van der Waals surface area contributed by atoms with E-state index in [2.05, 4.69) is 6.92 Å². The first-order valence-electron chi connectivity index (χ1n) is 12.4. The molecule has 7 atom stereocenters. The molecule has 0 aromatic heterocycles. The van der Waals surface area contributed by atoms with Crippen LogP contribution in [0.2, 0.25) is 0 Å². The summed E-state index contributed by atoms with van der Waals surface area (Å²) in [6.45, 7) is 2.17. The number of nitrogens with zero attached hydrogens (tertiary/aromatic N) is 1. The number of ketones is 1. The van der Waals surface area contributed by atoms with Crippen LogP contribution in [0.15, 0.2) is 18.2 Å². The number of Topliss-reactive ketones (excluding diaryl/α,β-unsaturated/α-hetero) is 1. The number of alkyl halides is 1. The summed E-state index contributed by atoms with van der Waals surface area (Å²) in [6, 6.07) is 5.86. The molecule has 0 amide bonds. The molecule has 2 unspecified atom stereocenters. The summed E-state index contributed by atoms with van der Waals surface area (Å²) in [5.74, 6) is 0.872. The van der Waals surface area contributed by atoms with Crippen LogP contribution in [-0.4, -0.2) is 18.1 Å². The van der Waals surface area contributed by atoms with Crippen LogP contribution in [0.3, 0.4) is 0 Å². The van der Waals surface area contributed by atoms with Crippen LogP contribution in [0.5, 0.6) is 5.75 Å². The molecule has 0 N–H and O–H groups in total. The molecule has 4 aliphatic rings. The van der Waals surface area contributed by atoms with E-state index in [1.807, 2.05) is 0 Å². The number of nitriles is 1. The predicted molar refractivity (Wildman–Crippen MR) is 117 cm³/mol. The number of rotatable bonds is 4. The lowest BCUT2D eigenvalue weighted by atomic mass is 9.48. The number of ether oxygens (including phenoxy) is 1. The number of carbonyl (C=O) groups is 1. The van der Waals surface area contributed by atoms with Crippen molar-refractivity contribution in [3.63, 3.8) is 0 Å². The Morgan fingerprint density at radius 2 is 1.97 bits per heavy atom. The van der Waals surface area contributed by atoms with Gasteiger partial charge in [-0.3, -0.25) is 4.79 Å². The van der Waals surface area contributed by atoms with E-state index in [0.717, 1.165) is 57.8 Å². The highest BCUT2D eigenvalue weighted by Crippen LogP contribution is 2.66. The minimum Gasteiger partial charge on any atom is -0.486 e. The molecular weight excluding hydrogens is 408 g/mol. The number of carbonyl (C=O) groups excluding carboxylic acids is 1. The lowest BCUT2D eigenvalue weighted by molar-refractivity contribution is -0.143. The molecule has 0 bridgehead atoms. The van der Waals surface area contributed by atoms with Gasteiger partial charge in [0.1, 0.15) is 29.9 Å². The van der Waals surface area contributed by atoms with E-state index < -0.39 is 11.5 Å². The monoisotopic (exact) mass is 441 g/mol. The van der Waals surface area contributed by atoms with Crippen LogP contribution in [0, 0.1) is 52.2 Å². The van der Waals surface area contributed by atoms with Gasteiger partial charge in [-0.1, -0.05) is 19.8 Å². The van der Waals surface area contributed by atoms with Crippen LogP contribution in [0.25, 0.3) is 0 Å². The number of fused-ring (bicyclic) bond motifs is 5. The van der Waals surface area contributed by atoms with Gasteiger partial charge < -0.3 is 4.74 Å². The minimum absolute atomic E-state index is 0.0371. The summed E-state index contributed by atoms with van der Waals surface area (Å²) in [4.78, 5) is 13.2. The first-order chi connectivity index (χ1) is 15.4. The lowest BCUT2D eigenvalue weighted by Crippen LogP contribution is -2.56. The van der Waals surface area contributed by atoms with Gasteiger partial charge in [-0.15, -0.1) is 0 Å². The van der Waals surface area contributed by atoms with Crippen molar-refractivity contribution in [3.05, 3.63) is 29.6 Å². The van der Waals surface area contributed by atoms with Crippen molar-refractivity contribution < 1.29 is 18.3 Å². The van der Waals surface area contributed by atoms with E-state index in [4.69, 9.17) is 10.00 Å². The van der Waals surface area contributed by atoms with Gasteiger partial charge in [0.05, 0.1) is 5.56 Å². The zero-order valence-electron chi connectivity index (χ0n) is 18.9. The van der Waals surface area contributed by atoms with Crippen LogP contribution in [0.1, 0.15) is 76.7 Å². The number of benzene rings is 1. The van der Waals surface area contributed by atoms with Crippen LogP contribution in [0.4, 0.5) is 8.78 Å². The molecule has 0 radical (unpaired) electrons. The quantitative estimate of drug-likeness (QED) is 0.543. The third-order valence-electron chi connectivity index (χ3n) is 9.77. The Kier molecular flexibility index (Phi) is 5.55. The molecule has 1 aromatic rings. The molecule has 5 rings (SSSR count). The van der Waals surface area contributed by atoms with Crippen LogP contribution in [-0.2, 0) is 4.79 Å². The normalized spacial score (nSPS) is 40.5. The second-order valence-electron chi connectivity index (χ2n) is 11.0. The van der Waals surface area contributed by atoms with Gasteiger partial charge in [0.2, 0.25) is 0 Å². The van der Waals surface area contributed by atoms with Gasteiger partial charge in [0, 0.05) is 12.0 Å². The van der Waals surface area contributed by atoms with Gasteiger partial charge in [-0.2, -0.15) is 5.26 Å². The molecule has 0 heterocycles. The van der Waals surface area contributed by atoms with Crippen LogP contribution >= 0.6 is 0 Å². The standard InChI is InChI=1S/C27H33F2NO2/c1-26-13-11-22-20(8-6-18-4-2-3-12-27(18,22)29)21(26)9-10-23(26)25(31)16-32-19-7-5-17(15-30)24(28)14-19/h5,7,14,18,20-23H,2-4,6,8-13,16H2,1H3/t18-,20-,21?,22?,23+,26-,27+/m0/s1. The molecule has 172 valence electrons. The van der Waals surface area contributed by atoms with Gasteiger partial charge in [-0.05, 0) is 92.6 Å². The van der Waals surface area contributed by atoms with E-state index in [0.29, 0.717) is 11.8 Å². The highest BCUT2D eigenvalue weighted by Gasteiger charge is 2.62. The second kappa shape index (κ2) is 8.12. The molecule has 0 aliphatic heterocycles. The zero-order valence-corrected chi connectivity index (χ0v) is 18.9. The first kappa shape index (κ1) is 21.9. The Bertz CT molecular complexity index is 942. The fraction of sp³-hybridized carbons (Fsp3) is 0.704. The fourth-order valence-corrected chi connectivity index (χ4v) is 8.24. The van der Waals surface area contributed by atoms with Crippen molar-refractivity contribution in [2.75, 3.05) is 6.61 Å². The fourth-order valence-electron chi connectivity index (χ4n) is 8.24. The summed E-state index contributed by atoms with van der Waals surface area (Å²) in [6.07, 6.45) is 9.77. The molecule has 4 fully saturated rings. The Balaban J connectivity index is 1.28. The predicted octanol–water partition coefficient (Wildman–Crippen LogP) is 6.40. The summed E-state index contributed by atoms with van der Waals surface area (Å²) in [5.41, 5.74) is -1.10. The molecule has 4 saturated carbocycles. The van der Waals surface area contributed by atoms with E-state index in [9.17, 15) is 9.18 Å². The molecule has 0 saturated heterocycles. The van der Waals surface area contributed by atoms with Crippen molar-refractivity contribution >= 4 is 5.78 Å². The Morgan fingerprint density at radius 3 is 2.75 bits per heavy atom. The molecule has 5 heteroatoms. The van der Waals surface area contributed by atoms with E-state index in [1.54, 1.807) is 6.07 Å². The van der Waals surface area contributed by atoms with Crippen molar-refractivity contribution in [2.45, 2.75) is 76.8 Å². The van der Waals surface area contributed by atoms with Crippen molar-refractivity contribution in [3.8, 4) is 11.8 Å². The number of halogens is 2. The van der Waals surface area contributed by atoms with Crippen molar-refractivity contribution in [1.29, 1.82) is 5.26 Å². The zero-order chi connectivity index (χ0) is 22.5. The molecule has 1 aromatic carbocycles. The molecule has 0 spiro atoms. The maximum Gasteiger partial charge on any atom is 0.173 e. The van der Waals surface area contributed by atoms with Crippen molar-refractivity contribution in [2.24, 2.45) is 35.0 Å². The Labute approximate surface area is 189 Å². The summed E-state index contributed by atoms with van der Waals surface area (Å²) >= 11 is 0.